The molecule has 0 unspecified atom stereocenters. The summed E-state index contributed by atoms with van der Waals surface area (Å²) in [6.45, 7) is 8.51. The van der Waals surface area contributed by atoms with Crippen LogP contribution in [0.5, 0.6) is 0 Å². The molecule has 0 amide bonds. The van der Waals surface area contributed by atoms with Crippen LogP contribution in [-0.2, 0) is 0 Å². The van der Waals surface area contributed by atoms with Gasteiger partial charge in [0.25, 0.3) is 0 Å². The summed E-state index contributed by atoms with van der Waals surface area (Å²) in [7, 11) is 0. The van der Waals surface area contributed by atoms with Crippen molar-refractivity contribution in [3.05, 3.63) is 22.2 Å². The zero-order valence-electron chi connectivity index (χ0n) is 11.3. The minimum atomic E-state index is -0.339. The average molecular weight is 248 g/mol. The maximum absolute atomic E-state index is 11.6. The van der Waals surface area contributed by atoms with Crippen molar-refractivity contribution >= 4 is 5.82 Å². The van der Waals surface area contributed by atoms with Crippen LogP contribution in [0.2, 0.25) is 0 Å². The van der Waals surface area contributed by atoms with E-state index in [-0.39, 0.29) is 17.5 Å². The summed E-state index contributed by atoms with van der Waals surface area (Å²) in [5.74, 6) is 6.08. The number of anilines is 1. The summed E-state index contributed by atoms with van der Waals surface area (Å²) in [6.07, 6.45) is 1.66. The Labute approximate surface area is 107 Å². The average Bonchev–Trinajstić information content (AvgIpc) is 2.25. The monoisotopic (exact) mass is 248 g/mol. The molecule has 0 saturated carbocycles. The zero-order chi connectivity index (χ0) is 13.7. The van der Waals surface area contributed by atoms with Crippen molar-refractivity contribution in [3.63, 3.8) is 0 Å². The van der Waals surface area contributed by atoms with Crippen molar-refractivity contribution in [2.75, 3.05) is 12.3 Å². The van der Waals surface area contributed by atoms with Gasteiger partial charge in [-0.05, 0) is 27.7 Å². The third-order valence-corrected chi connectivity index (χ3v) is 2.36. The van der Waals surface area contributed by atoms with Gasteiger partial charge in [0.2, 0.25) is 0 Å². The van der Waals surface area contributed by atoms with Crippen LogP contribution in [0.1, 0.15) is 39.3 Å². The Balaban J connectivity index is 2.95. The van der Waals surface area contributed by atoms with Gasteiger partial charge in [-0.2, -0.15) is 4.98 Å². The lowest BCUT2D eigenvalue weighted by molar-refractivity contribution is 0.564. The Morgan fingerprint density at radius 2 is 2.11 bits per heavy atom. The minimum absolute atomic E-state index is 0.0416. The lowest BCUT2D eigenvalue weighted by atomic mass is 10.3. The van der Waals surface area contributed by atoms with E-state index >= 15 is 0 Å². The first-order chi connectivity index (χ1) is 8.41. The van der Waals surface area contributed by atoms with Crippen LogP contribution < -0.4 is 16.7 Å². The lowest BCUT2D eigenvalue weighted by Crippen LogP contribution is -2.26. The second-order valence-corrected chi connectivity index (χ2v) is 4.66. The molecule has 0 aromatic carbocycles. The van der Waals surface area contributed by atoms with E-state index in [0.717, 1.165) is 0 Å². The minimum Gasteiger partial charge on any atom is -0.382 e. The molecule has 0 radical (unpaired) electrons. The van der Waals surface area contributed by atoms with Crippen LogP contribution in [0, 0.1) is 11.8 Å². The number of hydrogen-bond donors (Lipinski definition) is 2. The van der Waals surface area contributed by atoms with Crippen molar-refractivity contribution < 1.29 is 0 Å². The summed E-state index contributed by atoms with van der Waals surface area (Å²) in [5.41, 5.74) is 5.94. The van der Waals surface area contributed by atoms with E-state index in [1.807, 2.05) is 13.8 Å². The van der Waals surface area contributed by atoms with Gasteiger partial charge in [0.1, 0.15) is 5.82 Å². The summed E-state index contributed by atoms with van der Waals surface area (Å²) in [5, 5.41) is 3.18. The van der Waals surface area contributed by atoms with Gasteiger partial charge < -0.3 is 11.1 Å². The third-order valence-electron chi connectivity index (χ3n) is 2.36. The number of nitrogens with zero attached hydrogens (tertiary/aromatic N) is 2. The van der Waals surface area contributed by atoms with Gasteiger partial charge in [-0.15, -0.1) is 0 Å². The van der Waals surface area contributed by atoms with Gasteiger partial charge in [0.15, 0.2) is 0 Å². The van der Waals surface area contributed by atoms with Crippen molar-refractivity contribution in [2.45, 2.75) is 39.8 Å². The van der Waals surface area contributed by atoms with Crippen LogP contribution in [0.4, 0.5) is 5.82 Å². The Kier molecular flexibility index (Phi) is 4.93. The maximum Gasteiger partial charge on any atom is 0.349 e. The lowest BCUT2D eigenvalue weighted by Gasteiger charge is -2.09. The predicted octanol–water partition coefficient (Wildman–Crippen LogP) is 0.756. The molecule has 1 aromatic rings. The summed E-state index contributed by atoms with van der Waals surface area (Å²) >= 11 is 0. The predicted molar refractivity (Wildman–Crippen MR) is 73.3 cm³/mol. The second-order valence-electron chi connectivity index (χ2n) is 4.66. The van der Waals surface area contributed by atoms with Crippen molar-refractivity contribution in [1.29, 1.82) is 0 Å². The first kappa shape index (κ1) is 14.3. The molecule has 18 heavy (non-hydrogen) atoms. The van der Waals surface area contributed by atoms with E-state index in [9.17, 15) is 4.79 Å². The van der Waals surface area contributed by atoms with Crippen molar-refractivity contribution in [3.8, 4) is 11.8 Å². The first-order valence-electron chi connectivity index (χ1n) is 6.02. The second kappa shape index (κ2) is 6.22. The van der Waals surface area contributed by atoms with Gasteiger partial charge in [-0.1, -0.05) is 11.8 Å². The van der Waals surface area contributed by atoms with E-state index in [4.69, 9.17) is 5.73 Å². The zero-order valence-corrected chi connectivity index (χ0v) is 11.3. The number of nitrogen functional groups attached to an aromatic ring is 1. The van der Waals surface area contributed by atoms with Gasteiger partial charge in [0.05, 0.1) is 12.1 Å². The largest absolute Gasteiger partial charge is 0.382 e. The highest BCUT2D eigenvalue weighted by molar-refractivity contribution is 5.49. The van der Waals surface area contributed by atoms with Gasteiger partial charge >= 0.3 is 5.69 Å². The highest BCUT2D eigenvalue weighted by Gasteiger charge is 2.06. The van der Waals surface area contributed by atoms with Crippen LogP contribution in [0.25, 0.3) is 0 Å². The van der Waals surface area contributed by atoms with Crippen LogP contribution >= 0.6 is 0 Å². The van der Waals surface area contributed by atoms with E-state index < -0.39 is 0 Å². The molecule has 98 valence electrons. The van der Waals surface area contributed by atoms with E-state index in [0.29, 0.717) is 18.2 Å². The molecular weight excluding hydrogens is 228 g/mol. The van der Waals surface area contributed by atoms with Gasteiger partial charge in [0, 0.05) is 18.3 Å². The topological polar surface area (TPSA) is 72.9 Å². The summed E-state index contributed by atoms with van der Waals surface area (Å²) < 4.78 is 1.52. The molecule has 5 nitrogen and oxygen atoms in total. The summed E-state index contributed by atoms with van der Waals surface area (Å²) in [4.78, 5) is 15.3. The number of nitrogens with one attached hydrogen (secondary N) is 1. The Hall–Kier alpha value is -1.80. The molecule has 1 rings (SSSR count). The van der Waals surface area contributed by atoms with E-state index in [1.165, 1.54) is 4.57 Å². The van der Waals surface area contributed by atoms with Gasteiger partial charge in [-0.25, -0.2) is 4.79 Å². The molecule has 3 N–H and O–H groups in total. The fourth-order valence-electron chi connectivity index (χ4n) is 1.34. The Morgan fingerprint density at radius 3 is 2.67 bits per heavy atom. The molecule has 1 aromatic heterocycles. The van der Waals surface area contributed by atoms with E-state index in [1.54, 1.807) is 6.20 Å². The smallest absolute Gasteiger partial charge is 0.349 e. The maximum atomic E-state index is 11.6. The molecule has 0 atom stereocenters. The number of hydrogen-bond acceptors (Lipinski definition) is 4. The summed E-state index contributed by atoms with van der Waals surface area (Å²) in [6, 6.07) is 0.430. The molecule has 0 spiro atoms. The Bertz CT molecular complexity index is 520. The number of nitrogens with two attached hydrogens (primary N) is 1. The molecular formula is C13H20N4O. The normalized spacial score (nSPS) is 10.6. The standard InChI is InChI=1S/C13H20N4O/c1-9(2)15-7-5-6-11-8-17(10(3)4)13(18)16-12(11)14/h8-10,15H,7H2,1-4H3,(H2,14,16,18). The van der Waals surface area contributed by atoms with Gasteiger partial charge in [-0.3, -0.25) is 4.57 Å². The molecule has 0 fully saturated rings. The highest BCUT2D eigenvalue weighted by atomic mass is 16.1. The molecule has 0 aliphatic rings. The Morgan fingerprint density at radius 1 is 1.44 bits per heavy atom. The van der Waals surface area contributed by atoms with Crippen LogP contribution in [0.3, 0.4) is 0 Å². The van der Waals surface area contributed by atoms with E-state index in [2.05, 4.69) is 36.0 Å². The molecule has 1 heterocycles. The fourth-order valence-corrected chi connectivity index (χ4v) is 1.34. The quantitative estimate of drug-likeness (QED) is 0.774. The first-order valence-corrected chi connectivity index (χ1v) is 6.02. The fraction of sp³-hybridized carbons (Fsp3) is 0.538. The van der Waals surface area contributed by atoms with Crippen molar-refractivity contribution in [1.82, 2.24) is 14.9 Å². The van der Waals surface area contributed by atoms with Crippen molar-refractivity contribution in [2.24, 2.45) is 0 Å². The molecule has 0 aliphatic carbocycles. The molecule has 0 bridgehead atoms. The van der Waals surface area contributed by atoms with Crippen LogP contribution in [0.15, 0.2) is 11.0 Å². The molecule has 0 saturated heterocycles. The number of rotatable bonds is 3. The molecule has 5 heteroatoms. The van der Waals surface area contributed by atoms with Crippen LogP contribution in [-0.4, -0.2) is 22.1 Å². The molecule has 0 aliphatic heterocycles. The third kappa shape index (κ3) is 3.90. The SMILES string of the molecule is CC(C)NCC#Cc1cn(C(C)C)c(=O)nc1N. The highest BCUT2D eigenvalue weighted by Crippen LogP contribution is 2.06. The number of aromatic nitrogens is 2.